The third-order valence-electron chi connectivity index (χ3n) is 6.80. The van der Waals surface area contributed by atoms with Gasteiger partial charge in [-0.15, -0.1) is 11.3 Å². The lowest BCUT2D eigenvalue weighted by molar-refractivity contribution is -0.138. The molecule has 0 aliphatic carbocycles. The van der Waals surface area contributed by atoms with E-state index in [-0.39, 0.29) is 0 Å². The number of fused-ring (bicyclic) bond motifs is 2. The molecule has 0 aliphatic rings. The first-order valence-electron chi connectivity index (χ1n) is 12.5. The number of aromatic nitrogens is 2. The Labute approximate surface area is 224 Å². The molecule has 0 amide bonds. The number of carbonyl (C=O) groups is 1. The molecule has 0 bridgehead atoms. The van der Waals surface area contributed by atoms with E-state index >= 15 is 0 Å². The van der Waals surface area contributed by atoms with Gasteiger partial charge in [0.05, 0.1) is 5.39 Å². The van der Waals surface area contributed by atoms with Crippen molar-refractivity contribution in [3.8, 4) is 22.3 Å². The van der Waals surface area contributed by atoms with E-state index in [1.165, 1.54) is 11.2 Å². The number of rotatable bonds is 7. The first-order valence-corrected chi connectivity index (χ1v) is 13.3. The van der Waals surface area contributed by atoms with Crippen LogP contribution in [0.3, 0.4) is 0 Å². The molecular weight excluding hydrogens is 490 g/mol. The maximum Gasteiger partial charge on any atom is 0.330 e. The number of nitrogens with one attached hydrogen (secondary N) is 1. The standard InChI is InChI=1S/C32H25N3O2S/c1-2-26-27(25-17-9-13-21-12-6-7-16-24(21)25)28-30(33-19-34-31(28)38-26)35-29(32(36)37)23-15-8-14-22(18-23)20-10-4-3-5-11-20/h3-19,29H,2H2,1H3,(H,36,37)(H,33,34,35). The second kappa shape index (κ2) is 10.1. The van der Waals surface area contributed by atoms with Crippen LogP contribution in [0.1, 0.15) is 23.4 Å². The summed E-state index contributed by atoms with van der Waals surface area (Å²) in [5, 5.41) is 16.7. The van der Waals surface area contributed by atoms with E-state index < -0.39 is 12.0 Å². The Morgan fingerprint density at radius 2 is 1.63 bits per heavy atom. The number of carboxylic acid groups (broad SMARTS) is 1. The van der Waals surface area contributed by atoms with Crippen LogP contribution >= 0.6 is 11.3 Å². The predicted molar refractivity (Wildman–Crippen MR) is 156 cm³/mol. The highest BCUT2D eigenvalue weighted by atomic mass is 32.1. The van der Waals surface area contributed by atoms with Gasteiger partial charge in [0.1, 0.15) is 17.0 Å². The molecule has 0 spiro atoms. The molecule has 0 saturated heterocycles. The van der Waals surface area contributed by atoms with Crippen LogP contribution < -0.4 is 5.32 Å². The van der Waals surface area contributed by atoms with E-state index in [1.54, 1.807) is 11.3 Å². The van der Waals surface area contributed by atoms with Gasteiger partial charge in [0.25, 0.3) is 0 Å². The van der Waals surface area contributed by atoms with Gasteiger partial charge in [-0.2, -0.15) is 0 Å². The summed E-state index contributed by atoms with van der Waals surface area (Å²) in [4.78, 5) is 23.8. The van der Waals surface area contributed by atoms with E-state index in [0.29, 0.717) is 11.4 Å². The number of carboxylic acids is 1. The molecule has 2 N–H and O–H groups in total. The number of aliphatic carboxylic acids is 1. The van der Waals surface area contributed by atoms with Gasteiger partial charge >= 0.3 is 5.97 Å². The average molecular weight is 516 g/mol. The lowest BCUT2D eigenvalue weighted by Gasteiger charge is -2.18. The summed E-state index contributed by atoms with van der Waals surface area (Å²) in [6.07, 6.45) is 2.34. The molecule has 1 atom stereocenters. The number of nitrogens with zero attached hydrogens (tertiary/aromatic N) is 2. The van der Waals surface area contributed by atoms with Gasteiger partial charge in [0, 0.05) is 10.4 Å². The molecule has 1 unspecified atom stereocenters. The number of hydrogen-bond acceptors (Lipinski definition) is 5. The minimum Gasteiger partial charge on any atom is -0.479 e. The quantitative estimate of drug-likeness (QED) is 0.225. The van der Waals surface area contributed by atoms with Crippen molar-refractivity contribution in [3.63, 3.8) is 0 Å². The highest BCUT2D eigenvalue weighted by Gasteiger charge is 2.25. The van der Waals surface area contributed by atoms with Crippen LogP contribution in [0.4, 0.5) is 5.82 Å². The second-order valence-electron chi connectivity index (χ2n) is 9.09. The molecule has 0 aliphatic heterocycles. The van der Waals surface area contributed by atoms with E-state index in [1.807, 2.05) is 66.7 Å². The van der Waals surface area contributed by atoms with Gasteiger partial charge in [-0.1, -0.05) is 97.9 Å². The predicted octanol–water partition coefficient (Wildman–Crippen LogP) is 7.98. The number of hydrogen-bond donors (Lipinski definition) is 2. The number of thiophene rings is 1. The molecule has 2 aromatic heterocycles. The fourth-order valence-electron chi connectivity index (χ4n) is 5.02. The van der Waals surface area contributed by atoms with Crippen LogP contribution in [0, 0.1) is 0 Å². The highest BCUT2D eigenvalue weighted by Crippen LogP contribution is 2.44. The minimum absolute atomic E-state index is 0.520. The molecule has 0 radical (unpaired) electrons. The minimum atomic E-state index is -0.984. The molecule has 186 valence electrons. The Hall–Kier alpha value is -4.55. The molecule has 38 heavy (non-hydrogen) atoms. The lowest BCUT2D eigenvalue weighted by Crippen LogP contribution is -2.21. The van der Waals surface area contributed by atoms with Crippen molar-refractivity contribution in [2.75, 3.05) is 5.32 Å². The fourth-order valence-corrected chi connectivity index (χ4v) is 6.11. The van der Waals surface area contributed by atoms with Crippen LogP contribution in [0.15, 0.2) is 103 Å². The lowest BCUT2D eigenvalue weighted by atomic mass is 9.95. The van der Waals surface area contributed by atoms with E-state index in [4.69, 9.17) is 0 Å². The maximum absolute atomic E-state index is 12.6. The zero-order valence-corrected chi connectivity index (χ0v) is 21.6. The van der Waals surface area contributed by atoms with E-state index in [2.05, 4.69) is 52.5 Å². The summed E-state index contributed by atoms with van der Waals surface area (Å²) in [6, 6.07) is 31.2. The number of benzene rings is 4. The monoisotopic (exact) mass is 515 g/mol. The smallest absolute Gasteiger partial charge is 0.330 e. The molecule has 4 aromatic carbocycles. The van der Waals surface area contributed by atoms with Gasteiger partial charge in [0.2, 0.25) is 0 Å². The van der Waals surface area contributed by atoms with Crippen molar-refractivity contribution >= 4 is 44.1 Å². The van der Waals surface area contributed by atoms with Gasteiger partial charge < -0.3 is 10.4 Å². The number of aryl methyl sites for hydroxylation is 1. The molecule has 6 rings (SSSR count). The third-order valence-corrected chi connectivity index (χ3v) is 8.04. The molecule has 6 heteroatoms. The maximum atomic E-state index is 12.6. The normalized spacial score (nSPS) is 12.0. The van der Waals surface area contributed by atoms with Crippen molar-refractivity contribution in [1.29, 1.82) is 0 Å². The van der Waals surface area contributed by atoms with Gasteiger partial charge in [-0.05, 0) is 45.5 Å². The Morgan fingerprint density at radius 3 is 2.45 bits per heavy atom. The molecule has 2 heterocycles. The fraction of sp³-hybridized carbons (Fsp3) is 0.0938. The summed E-state index contributed by atoms with van der Waals surface area (Å²) in [5.41, 5.74) is 4.82. The van der Waals surface area contributed by atoms with Crippen LogP contribution in [0.2, 0.25) is 0 Å². The van der Waals surface area contributed by atoms with Crippen LogP contribution in [0.25, 0.3) is 43.2 Å². The zero-order chi connectivity index (χ0) is 26.1. The van der Waals surface area contributed by atoms with Crippen molar-refractivity contribution in [2.24, 2.45) is 0 Å². The van der Waals surface area contributed by atoms with Crippen LogP contribution in [0.5, 0.6) is 0 Å². The summed E-state index contributed by atoms with van der Waals surface area (Å²) in [6.45, 7) is 2.13. The van der Waals surface area contributed by atoms with Gasteiger partial charge in [0.15, 0.2) is 6.04 Å². The summed E-state index contributed by atoms with van der Waals surface area (Å²) >= 11 is 1.63. The summed E-state index contributed by atoms with van der Waals surface area (Å²) in [5.74, 6) is -0.453. The Kier molecular flexibility index (Phi) is 6.32. The molecule has 5 nitrogen and oxygen atoms in total. The third kappa shape index (κ3) is 4.29. The van der Waals surface area contributed by atoms with Crippen molar-refractivity contribution < 1.29 is 9.90 Å². The Bertz CT molecular complexity index is 1770. The Balaban J connectivity index is 1.50. The van der Waals surface area contributed by atoms with Crippen LogP contribution in [-0.4, -0.2) is 21.0 Å². The largest absolute Gasteiger partial charge is 0.479 e. The molecular formula is C32H25N3O2S. The van der Waals surface area contributed by atoms with Gasteiger partial charge in [-0.25, -0.2) is 14.8 Å². The van der Waals surface area contributed by atoms with Crippen LogP contribution in [-0.2, 0) is 11.2 Å². The van der Waals surface area contributed by atoms with Gasteiger partial charge in [-0.3, -0.25) is 0 Å². The first kappa shape index (κ1) is 23.8. The SMILES string of the molecule is CCc1sc2ncnc(NC(C(=O)O)c3cccc(-c4ccccc4)c3)c2c1-c1cccc2ccccc12. The molecule has 6 aromatic rings. The average Bonchev–Trinajstić information content (AvgIpc) is 3.35. The van der Waals surface area contributed by atoms with Crippen molar-refractivity contribution in [3.05, 3.63) is 114 Å². The number of anilines is 1. The van der Waals surface area contributed by atoms with E-state index in [0.717, 1.165) is 49.7 Å². The zero-order valence-electron chi connectivity index (χ0n) is 20.8. The van der Waals surface area contributed by atoms with E-state index in [9.17, 15) is 9.90 Å². The first-order chi connectivity index (χ1) is 18.6. The van der Waals surface area contributed by atoms with Crippen molar-refractivity contribution in [2.45, 2.75) is 19.4 Å². The topological polar surface area (TPSA) is 75.1 Å². The second-order valence-corrected chi connectivity index (χ2v) is 10.2. The molecule has 0 saturated carbocycles. The summed E-state index contributed by atoms with van der Waals surface area (Å²) < 4.78 is 0. The molecule has 0 fully saturated rings. The van der Waals surface area contributed by atoms with Crippen molar-refractivity contribution in [1.82, 2.24) is 9.97 Å². The Morgan fingerprint density at radius 1 is 0.895 bits per heavy atom. The highest BCUT2D eigenvalue weighted by molar-refractivity contribution is 7.19. The summed E-state index contributed by atoms with van der Waals surface area (Å²) in [7, 11) is 0.